The molecule has 1 atom stereocenters. The quantitative estimate of drug-likeness (QED) is 0.453. The van der Waals surface area contributed by atoms with E-state index in [0.29, 0.717) is 17.5 Å². The number of rotatable bonds is 5. The molecule has 1 aliphatic carbocycles. The molecule has 0 unspecified atom stereocenters. The van der Waals surface area contributed by atoms with E-state index in [1.54, 1.807) is 38.1 Å². The van der Waals surface area contributed by atoms with Gasteiger partial charge >= 0.3 is 11.9 Å². The number of carbonyl (C=O) groups is 4. The Balaban J connectivity index is 1.88. The number of esters is 2. The van der Waals surface area contributed by atoms with E-state index >= 15 is 0 Å². The van der Waals surface area contributed by atoms with Crippen molar-refractivity contribution in [2.24, 2.45) is 5.41 Å². The lowest BCUT2D eigenvalue weighted by Gasteiger charge is -2.26. The number of nitrogens with zero attached hydrogens (tertiary/aromatic N) is 1. The van der Waals surface area contributed by atoms with Crippen molar-refractivity contribution in [1.82, 2.24) is 4.90 Å². The van der Waals surface area contributed by atoms with Gasteiger partial charge in [-0.3, -0.25) is 24.1 Å². The van der Waals surface area contributed by atoms with Gasteiger partial charge in [-0.25, -0.2) is 0 Å². The minimum Gasteiger partial charge on any atom is -0.465 e. The van der Waals surface area contributed by atoms with Gasteiger partial charge < -0.3 is 9.47 Å². The summed E-state index contributed by atoms with van der Waals surface area (Å²) < 4.78 is 10.2. The van der Waals surface area contributed by atoms with Gasteiger partial charge in [-0.1, -0.05) is 12.1 Å². The molecule has 1 aliphatic heterocycles. The van der Waals surface area contributed by atoms with E-state index < -0.39 is 23.4 Å². The Hall–Kier alpha value is -2.70. The minimum atomic E-state index is -1.47. The fourth-order valence-corrected chi connectivity index (χ4v) is 3.77. The molecule has 2 amide bonds. The molecule has 7 heteroatoms. The average Bonchev–Trinajstić information content (AvgIpc) is 3.17. The highest BCUT2D eigenvalue weighted by molar-refractivity contribution is 6.21. The Morgan fingerprint density at radius 2 is 1.54 bits per heavy atom. The van der Waals surface area contributed by atoms with Crippen molar-refractivity contribution >= 4 is 23.8 Å². The van der Waals surface area contributed by atoms with E-state index in [1.165, 1.54) is 4.90 Å². The molecule has 1 saturated carbocycles. The third kappa shape index (κ3) is 2.67. The van der Waals surface area contributed by atoms with Crippen LogP contribution >= 0.6 is 0 Å². The van der Waals surface area contributed by atoms with E-state index in [4.69, 9.17) is 9.47 Å². The fraction of sp³-hybridized carbons (Fsp3) is 0.474. The maximum atomic E-state index is 12.7. The molecule has 1 heterocycles. The summed E-state index contributed by atoms with van der Waals surface area (Å²) in [6.07, 6.45) is 0.558. The number of amides is 2. The van der Waals surface area contributed by atoms with Crippen molar-refractivity contribution in [3.05, 3.63) is 35.4 Å². The number of imide groups is 1. The second kappa shape index (κ2) is 6.90. The number of fused-ring (bicyclic) bond motifs is 1. The zero-order chi connectivity index (χ0) is 18.9. The molecule has 0 saturated heterocycles. The average molecular weight is 359 g/mol. The lowest BCUT2D eigenvalue weighted by atomic mass is 9.86. The summed E-state index contributed by atoms with van der Waals surface area (Å²) in [5.74, 6) is -2.09. The third-order valence-electron chi connectivity index (χ3n) is 5.01. The second-order valence-corrected chi connectivity index (χ2v) is 6.45. The predicted molar refractivity (Wildman–Crippen MR) is 90.3 cm³/mol. The largest absolute Gasteiger partial charge is 0.465 e. The number of ether oxygens (including phenoxy) is 2. The number of hydrogen-bond acceptors (Lipinski definition) is 6. The Bertz CT molecular complexity index is 718. The molecule has 0 bridgehead atoms. The normalized spacial score (nSPS) is 20.8. The Kier molecular flexibility index (Phi) is 4.80. The van der Waals surface area contributed by atoms with Crippen LogP contribution in [0.3, 0.4) is 0 Å². The van der Waals surface area contributed by atoms with Gasteiger partial charge in [-0.2, -0.15) is 0 Å². The van der Waals surface area contributed by atoms with Crippen molar-refractivity contribution in [2.75, 3.05) is 13.2 Å². The maximum absolute atomic E-state index is 12.7. The van der Waals surface area contributed by atoms with Gasteiger partial charge in [0.05, 0.1) is 24.3 Å². The van der Waals surface area contributed by atoms with Crippen LogP contribution in [-0.4, -0.2) is 47.9 Å². The third-order valence-corrected chi connectivity index (χ3v) is 5.01. The Labute approximate surface area is 151 Å². The standard InChI is InChI=1S/C19H21NO6/c1-3-25-17(23)19(18(24)26-4-2)10-9-12(11-19)20-15(21)13-7-5-6-8-14(13)16(20)22/h5-8,12H,3-4,9-11H2,1-2H3/t12-/m1/s1. The van der Waals surface area contributed by atoms with Crippen molar-refractivity contribution in [1.29, 1.82) is 0 Å². The molecule has 138 valence electrons. The molecule has 0 N–H and O–H groups in total. The molecule has 7 nitrogen and oxygen atoms in total. The molecule has 2 aliphatic rings. The molecule has 1 aromatic rings. The Morgan fingerprint density at radius 1 is 1.04 bits per heavy atom. The lowest BCUT2D eigenvalue weighted by Crippen LogP contribution is -2.44. The van der Waals surface area contributed by atoms with Crippen molar-refractivity contribution in [2.45, 2.75) is 39.2 Å². The first-order valence-electron chi connectivity index (χ1n) is 8.77. The number of benzene rings is 1. The summed E-state index contributed by atoms with van der Waals surface area (Å²) in [7, 11) is 0. The molecular formula is C19H21NO6. The van der Waals surface area contributed by atoms with Gasteiger partial charge in [-0.15, -0.1) is 0 Å². The van der Waals surface area contributed by atoms with Crippen LogP contribution in [0.5, 0.6) is 0 Å². The summed E-state index contributed by atoms with van der Waals surface area (Å²) in [5, 5.41) is 0. The molecular weight excluding hydrogens is 338 g/mol. The van der Waals surface area contributed by atoms with Gasteiger partial charge in [-0.05, 0) is 45.2 Å². The maximum Gasteiger partial charge on any atom is 0.323 e. The zero-order valence-corrected chi connectivity index (χ0v) is 14.8. The summed E-state index contributed by atoms with van der Waals surface area (Å²) in [6.45, 7) is 3.59. The fourth-order valence-electron chi connectivity index (χ4n) is 3.77. The first-order chi connectivity index (χ1) is 12.5. The monoisotopic (exact) mass is 359 g/mol. The summed E-state index contributed by atoms with van der Waals surface area (Å²) in [6, 6.07) is 6.06. The molecule has 26 heavy (non-hydrogen) atoms. The zero-order valence-electron chi connectivity index (χ0n) is 14.8. The van der Waals surface area contributed by atoms with Gasteiger partial charge in [0.1, 0.15) is 0 Å². The van der Waals surface area contributed by atoms with Gasteiger partial charge in [0.25, 0.3) is 11.8 Å². The van der Waals surface area contributed by atoms with Crippen LogP contribution in [0.15, 0.2) is 24.3 Å². The molecule has 1 aromatic carbocycles. The summed E-state index contributed by atoms with van der Waals surface area (Å²) in [5.41, 5.74) is -0.768. The van der Waals surface area contributed by atoms with Gasteiger partial charge in [0.15, 0.2) is 5.41 Å². The smallest absolute Gasteiger partial charge is 0.323 e. The van der Waals surface area contributed by atoms with Crippen LogP contribution in [0.4, 0.5) is 0 Å². The first kappa shape index (κ1) is 18.1. The highest BCUT2D eigenvalue weighted by Gasteiger charge is 2.57. The van der Waals surface area contributed by atoms with E-state index in [0.717, 1.165) is 0 Å². The van der Waals surface area contributed by atoms with Crippen LogP contribution in [0.1, 0.15) is 53.8 Å². The van der Waals surface area contributed by atoms with E-state index in [2.05, 4.69) is 0 Å². The van der Waals surface area contributed by atoms with Crippen LogP contribution in [0.25, 0.3) is 0 Å². The molecule has 0 radical (unpaired) electrons. The second-order valence-electron chi connectivity index (χ2n) is 6.45. The first-order valence-corrected chi connectivity index (χ1v) is 8.77. The minimum absolute atomic E-state index is 0.0239. The van der Waals surface area contributed by atoms with Crippen molar-refractivity contribution < 1.29 is 28.7 Å². The van der Waals surface area contributed by atoms with Gasteiger partial charge in [0, 0.05) is 6.04 Å². The molecule has 0 spiro atoms. The Morgan fingerprint density at radius 3 is 2.00 bits per heavy atom. The van der Waals surface area contributed by atoms with Crippen LogP contribution in [-0.2, 0) is 19.1 Å². The van der Waals surface area contributed by atoms with Crippen LogP contribution < -0.4 is 0 Å². The van der Waals surface area contributed by atoms with Gasteiger partial charge in [0.2, 0.25) is 0 Å². The number of hydrogen-bond donors (Lipinski definition) is 0. The SMILES string of the molecule is CCOC(=O)C1(C(=O)OCC)CC[C@@H](N2C(=O)c3ccccc3C2=O)C1. The highest BCUT2D eigenvalue weighted by Crippen LogP contribution is 2.44. The van der Waals surface area contributed by atoms with Crippen molar-refractivity contribution in [3.63, 3.8) is 0 Å². The summed E-state index contributed by atoms with van der Waals surface area (Å²) >= 11 is 0. The summed E-state index contributed by atoms with van der Waals surface area (Å²) in [4.78, 5) is 51.5. The predicted octanol–water partition coefficient (Wildman–Crippen LogP) is 1.95. The number of carbonyl (C=O) groups excluding carboxylic acids is 4. The van der Waals surface area contributed by atoms with E-state index in [-0.39, 0.29) is 37.9 Å². The van der Waals surface area contributed by atoms with E-state index in [1.807, 2.05) is 0 Å². The molecule has 3 rings (SSSR count). The van der Waals surface area contributed by atoms with Crippen LogP contribution in [0, 0.1) is 5.41 Å². The molecule has 1 fully saturated rings. The highest BCUT2D eigenvalue weighted by atomic mass is 16.6. The topological polar surface area (TPSA) is 90.0 Å². The van der Waals surface area contributed by atoms with E-state index in [9.17, 15) is 19.2 Å². The lowest BCUT2D eigenvalue weighted by molar-refractivity contribution is -0.171. The van der Waals surface area contributed by atoms with Crippen molar-refractivity contribution in [3.8, 4) is 0 Å². The molecule has 0 aromatic heterocycles. The van der Waals surface area contributed by atoms with Crippen LogP contribution in [0.2, 0.25) is 0 Å².